The van der Waals surface area contributed by atoms with Crippen LogP contribution >= 0.6 is 0 Å². The third-order valence-electron chi connectivity index (χ3n) is 3.97. The first-order valence-electron chi connectivity index (χ1n) is 6.91. The Morgan fingerprint density at radius 2 is 1.95 bits per heavy atom. The molecule has 0 aliphatic heterocycles. The molecule has 7 heteroatoms. The molecule has 3 heterocycles. The maximum Gasteiger partial charge on any atom is 0.146 e. The van der Waals surface area contributed by atoms with Gasteiger partial charge in [0.2, 0.25) is 0 Å². The Morgan fingerprint density at radius 1 is 1.19 bits per heavy atom. The van der Waals surface area contributed by atoms with E-state index < -0.39 is 0 Å². The van der Waals surface area contributed by atoms with E-state index in [0.29, 0.717) is 11.6 Å². The number of fused-ring (bicyclic) bond motifs is 1. The summed E-state index contributed by atoms with van der Waals surface area (Å²) in [6, 6.07) is 0. The molecule has 0 saturated heterocycles. The van der Waals surface area contributed by atoms with Crippen molar-refractivity contribution in [2.45, 2.75) is 33.7 Å². The molecule has 0 fully saturated rings. The van der Waals surface area contributed by atoms with Gasteiger partial charge in [0, 0.05) is 25.7 Å². The summed E-state index contributed by atoms with van der Waals surface area (Å²) in [4.78, 5) is 8.84. The number of nitrogen functional groups attached to an aromatic ring is 1. The van der Waals surface area contributed by atoms with E-state index in [0.717, 1.165) is 35.4 Å². The van der Waals surface area contributed by atoms with E-state index in [1.165, 1.54) is 5.69 Å². The molecule has 7 nitrogen and oxygen atoms in total. The highest BCUT2D eigenvalue weighted by Gasteiger charge is 2.16. The molecule has 3 rings (SSSR count). The van der Waals surface area contributed by atoms with Crippen molar-refractivity contribution in [2.75, 3.05) is 5.73 Å². The van der Waals surface area contributed by atoms with Crippen LogP contribution in [0.5, 0.6) is 0 Å². The summed E-state index contributed by atoms with van der Waals surface area (Å²) >= 11 is 0. The lowest BCUT2D eigenvalue weighted by atomic mass is 10.2. The number of nitrogens with zero attached hydrogens (tertiary/aromatic N) is 6. The predicted octanol–water partition coefficient (Wildman–Crippen LogP) is 1.31. The van der Waals surface area contributed by atoms with E-state index >= 15 is 0 Å². The van der Waals surface area contributed by atoms with Crippen molar-refractivity contribution in [3.05, 3.63) is 29.2 Å². The molecule has 0 atom stereocenters. The second-order valence-electron chi connectivity index (χ2n) is 5.32. The van der Waals surface area contributed by atoms with Gasteiger partial charge in [-0.3, -0.25) is 0 Å². The maximum atomic E-state index is 6.06. The molecule has 0 bridgehead atoms. The SMILES string of the molecule is Cc1nc(N)c2c(C)c(C)n(CCc3nncn3C)c2n1. The van der Waals surface area contributed by atoms with Crippen LogP contribution < -0.4 is 5.73 Å². The van der Waals surface area contributed by atoms with Gasteiger partial charge < -0.3 is 14.9 Å². The molecule has 21 heavy (non-hydrogen) atoms. The van der Waals surface area contributed by atoms with Gasteiger partial charge in [-0.2, -0.15) is 0 Å². The summed E-state index contributed by atoms with van der Waals surface area (Å²) in [6.07, 6.45) is 2.51. The van der Waals surface area contributed by atoms with E-state index in [2.05, 4.69) is 38.6 Å². The lowest BCUT2D eigenvalue weighted by molar-refractivity contribution is 0.648. The van der Waals surface area contributed by atoms with Gasteiger partial charge in [0.15, 0.2) is 0 Å². The molecule has 3 aromatic rings. The lowest BCUT2D eigenvalue weighted by Crippen LogP contribution is -2.08. The monoisotopic (exact) mass is 285 g/mol. The van der Waals surface area contributed by atoms with Crippen molar-refractivity contribution >= 4 is 16.9 Å². The molecule has 3 aromatic heterocycles. The third-order valence-corrected chi connectivity index (χ3v) is 3.97. The van der Waals surface area contributed by atoms with E-state index in [1.54, 1.807) is 6.33 Å². The Balaban J connectivity index is 2.06. The van der Waals surface area contributed by atoms with Gasteiger partial charge in [-0.05, 0) is 26.3 Å². The Morgan fingerprint density at radius 3 is 2.62 bits per heavy atom. The van der Waals surface area contributed by atoms with Crippen molar-refractivity contribution in [1.29, 1.82) is 0 Å². The maximum absolute atomic E-state index is 6.06. The largest absolute Gasteiger partial charge is 0.383 e. The van der Waals surface area contributed by atoms with Crippen LogP contribution in [0.15, 0.2) is 6.33 Å². The molecular weight excluding hydrogens is 266 g/mol. The lowest BCUT2D eigenvalue weighted by Gasteiger charge is -2.08. The smallest absolute Gasteiger partial charge is 0.146 e. The van der Waals surface area contributed by atoms with Crippen LogP contribution in [0.3, 0.4) is 0 Å². The quantitative estimate of drug-likeness (QED) is 0.784. The summed E-state index contributed by atoms with van der Waals surface area (Å²) in [5.74, 6) is 2.19. The van der Waals surface area contributed by atoms with Crippen LogP contribution in [0.4, 0.5) is 5.82 Å². The first-order valence-corrected chi connectivity index (χ1v) is 6.91. The Hall–Kier alpha value is -2.44. The summed E-state index contributed by atoms with van der Waals surface area (Å²) in [5, 5.41) is 8.99. The zero-order valence-corrected chi connectivity index (χ0v) is 12.8. The third kappa shape index (κ3) is 2.14. The molecular formula is C14H19N7. The number of aromatic nitrogens is 6. The van der Waals surface area contributed by atoms with Gasteiger partial charge in [0.25, 0.3) is 0 Å². The second-order valence-corrected chi connectivity index (χ2v) is 5.32. The van der Waals surface area contributed by atoms with Crippen molar-refractivity contribution in [2.24, 2.45) is 7.05 Å². The van der Waals surface area contributed by atoms with Gasteiger partial charge in [-0.25, -0.2) is 9.97 Å². The first-order chi connectivity index (χ1) is 9.99. The topological polar surface area (TPSA) is 87.4 Å². The fourth-order valence-corrected chi connectivity index (χ4v) is 2.70. The second kappa shape index (κ2) is 4.83. The summed E-state index contributed by atoms with van der Waals surface area (Å²) in [5.41, 5.74) is 9.27. The van der Waals surface area contributed by atoms with Crippen molar-refractivity contribution in [1.82, 2.24) is 29.3 Å². The van der Waals surface area contributed by atoms with Crippen LogP contribution in [0.25, 0.3) is 11.0 Å². The van der Waals surface area contributed by atoms with E-state index in [-0.39, 0.29) is 0 Å². The standard InChI is InChI=1S/C14H19N7/c1-8-9(2)21(6-5-11-19-16-7-20(11)4)14-12(8)13(15)17-10(3)18-14/h7H,5-6H2,1-4H3,(H2,15,17,18). The Labute approximate surface area is 122 Å². The van der Waals surface area contributed by atoms with Gasteiger partial charge in [0.05, 0.1) is 5.39 Å². The highest BCUT2D eigenvalue weighted by Crippen LogP contribution is 2.27. The highest BCUT2D eigenvalue weighted by atomic mass is 15.2. The Bertz CT molecular complexity index is 812. The molecule has 0 unspecified atom stereocenters. The molecule has 0 amide bonds. The summed E-state index contributed by atoms with van der Waals surface area (Å²) < 4.78 is 4.12. The number of rotatable bonds is 3. The molecule has 0 radical (unpaired) electrons. The molecule has 0 saturated carbocycles. The van der Waals surface area contributed by atoms with Gasteiger partial charge in [0.1, 0.15) is 29.4 Å². The van der Waals surface area contributed by atoms with E-state index in [4.69, 9.17) is 5.73 Å². The number of anilines is 1. The van der Waals surface area contributed by atoms with Crippen LogP contribution in [0, 0.1) is 20.8 Å². The predicted molar refractivity (Wildman–Crippen MR) is 80.9 cm³/mol. The van der Waals surface area contributed by atoms with Crippen LogP contribution in [-0.4, -0.2) is 29.3 Å². The minimum absolute atomic E-state index is 0.551. The summed E-state index contributed by atoms with van der Waals surface area (Å²) in [6.45, 7) is 6.80. The minimum Gasteiger partial charge on any atom is -0.383 e. The van der Waals surface area contributed by atoms with Gasteiger partial charge >= 0.3 is 0 Å². The zero-order chi connectivity index (χ0) is 15.1. The summed E-state index contributed by atoms with van der Waals surface area (Å²) in [7, 11) is 1.95. The number of aryl methyl sites for hydroxylation is 5. The molecule has 0 aliphatic carbocycles. The normalized spacial score (nSPS) is 11.4. The fraction of sp³-hybridized carbons (Fsp3) is 0.429. The first kappa shape index (κ1) is 13.5. The molecule has 0 spiro atoms. The number of hydrogen-bond acceptors (Lipinski definition) is 5. The highest BCUT2D eigenvalue weighted by molar-refractivity contribution is 5.91. The Kier molecular flexibility index (Phi) is 3.12. The average Bonchev–Trinajstić information content (AvgIpc) is 2.92. The number of nitrogens with two attached hydrogens (primary N) is 1. The van der Waals surface area contributed by atoms with Crippen LogP contribution in [-0.2, 0) is 20.0 Å². The van der Waals surface area contributed by atoms with Crippen LogP contribution in [0.2, 0.25) is 0 Å². The molecule has 2 N–H and O–H groups in total. The van der Waals surface area contributed by atoms with Crippen molar-refractivity contribution in [3.63, 3.8) is 0 Å². The molecule has 110 valence electrons. The fourth-order valence-electron chi connectivity index (χ4n) is 2.70. The van der Waals surface area contributed by atoms with E-state index in [1.807, 2.05) is 18.5 Å². The van der Waals surface area contributed by atoms with Gasteiger partial charge in [-0.1, -0.05) is 0 Å². The minimum atomic E-state index is 0.551. The zero-order valence-electron chi connectivity index (χ0n) is 12.8. The van der Waals surface area contributed by atoms with Crippen molar-refractivity contribution in [3.8, 4) is 0 Å². The van der Waals surface area contributed by atoms with Gasteiger partial charge in [-0.15, -0.1) is 10.2 Å². The molecule has 0 aromatic carbocycles. The van der Waals surface area contributed by atoms with Crippen LogP contribution in [0.1, 0.15) is 22.9 Å². The van der Waals surface area contributed by atoms with E-state index in [9.17, 15) is 0 Å². The van der Waals surface area contributed by atoms with Crippen molar-refractivity contribution < 1.29 is 0 Å². The molecule has 0 aliphatic rings. The number of hydrogen-bond donors (Lipinski definition) is 1. The average molecular weight is 285 g/mol.